The topological polar surface area (TPSA) is 51.2 Å². The van der Waals surface area contributed by atoms with E-state index in [1.807, 2.05) is 12.3 Å². The highest BCUT2D eigenvalue weighted by atomic mass is 127. The molecule has 0 saturated carbocycles. The quantitative estimate of drug-likeness (QED) is 0.648. The third-order valence-electron chi connectivity index (χ3n) is 3.65. The molecule has 3 N–H and O–H groups in total. The molecule has 1 heterocycles. The highest BCUT2D eigenvalue weighted by Gasteiger charge is 2.14. The van der Waals surface area contributed by atoms with Gasteiger partial charge in [0, 0.05) is 21.2 Å². The van der Waals surface area contributed by atoms with Crippen molar-refractivity contribution in [1.29, 1.82) is 0 Å². The van der Waals surface area contributed by atoms with Crippen LogP contribution in [0.15, 0.2) is 47.3 Å². The van der Waals surface area contributed by atoms with Crippen molar-refractivity contribution < 1.29 is 4.42 Å². The van der Waals surface area contributed by atoms with Crippen LogP contribution in [-0.2, 0) is 0 Å². The first kappa shape index (κ1) is 16.5. The second-order valence-electron chi connectivity index (χ2n) is 5.30. The third kappa shape index (κ3) is 5.13. The predicted molar refractivity (Wildman–Crippen MR) is 95.1 cm³/mol. The normalized spacial score (nSPS) is 14.0. The van der Waals surface area contributed by atoms with E-state index in [1.165, 1.54) is 14.7 Å². The number of hydrogen-bond donors (Lipinski definition) is 2. The number of nitrogens with one attached hydrogen (secondary N) is 1. The summed E-state index contributed by atoms with van der Waals surface area (Å²) < 4.78 is 6.45. The smallest absolute Gasteiger partial charge is 0.0950 e. The van der Waals surface area contributed by atoms with Crippen LogP contribution < -0.4 is 11.1 Å². The minimum atomic E-state index is 0.0832. The summed E-state index contributed by atoms with van der Waals surface area (Å²) in [6.07, 6.45) is 6.64. The van der Waals surface area contributed by atoms with Crippen molar-refractivity contribution in [1.82, 2.24) is 5.32 Å². The highest BCUT2D eigenvalue weighted by molar-refractivity contribution is 14.1. The van der Waals surface area contributed by atoms with Gasteiger partial charge in [0.05, 0.1) is 12.5 Å². The molecule has 21 heavy (non-hydrogen) atoms. The second kappa shape index (κ2) is 8.56. The molecule has 3 nitrogen and oxygen atoms in total. The van der Waals surface area contributed by atoms with E-state index in [-0.39, 0.29) is 6.04 Å². The fraction of sp³-hybridized carbons (Fsp3) is 0.412. The van der Waals surface area contributed by atoms with Crippen molar-refractivity contribution >= 4 is 22.6 Å². The molecule has 0 saturated heterocycles. The van der Waals surface area contributed by atoms with E-state index in [4.69, 9.17) is 10.2 Å². The van der Waals surface area contributed by atoms with E-state index < -0.39 is 0 Å². The van der Waals surface area contributed by atoms with Gasteiger partial charge in [-0.25, -0.2) is 0 Å². The zero-order valence-electron chi connectivity index (χ0n) is 12.4. The van der Waals surface area contributed by atoms with E-state index >= 15 is 0 Å². The number of hydrogen-bond acceptors (Lipinski definition) is 3. The largest absolute Gasteiger partial charge is 0.472 e. The fourth-order valence-corrected chi connectivity index (χ4v) is 2.76. The lowest BCUT2D eigenvalue weighted by molar-refractivity contribution is 0.454. The van der Waals surface area contributed by atoms with E-state index in [9.17, 15) is 0 Å². The van der Waals surface area contributed by atoms with Gasteiger partial charge in [0.2, 0.25) is 0 Å². The zero-order valence-corrected chi connectivity index (χ0v) is 14.5. The lowest BCUT2D eigenvalue weighted by Gasteiger charge is -2.20. The molecular weight excluding hydrogens is 375 g/mol. The Labute approximate surface area is 140 Å². The summed E-state index contributed by atoms with van der Waals surface area (Å²) >= 11 is 2.31. The molecule has 2 rings (SSSR count). The Morgan fingerprint density at radius 3 is 2.52 bits per heavy atom. The predicted octanol–water partition coefficient (Wildman–Crippen LogP) is 4.41. The van der Waals surface area contributed by atoms with Gasteiger partial charge in [-0.3, -0.25) is 0 Å². The molecule has 2 atom stereocenters. The van der Waals surface area contributed by atoms with Gasteiger partial charge in [-0.15, -0.1) is 0 Å². The minimum absolute atomic E-state index is 0.0832. The van der Waals surface area contributed by atoms with Crippen LogP contribution in [0.2, 0.25) is 0 Å². The molecule has 0 fully saturated rings. The summed E-state index contributed by atoms with van der Waals surface area (Å²) in [5.74, 6) is 0. The molecule has 2 unspecified atom stereocenters. The maximum atomic E-state index is 6.32. The maximum Gasteiger partial charge on any atom is 0.0950 e. The molecule has 0 spiro atoms. The molecule has 4 heteroatoms. The fourth-order valence-electron chi connectivity index (χ4n) is 2.40. The first-order valence-corrected chi connectivity index (χ1v) is 8.55. The monoisotopic (exact) mass is 398 g/mol. The van der Waals surface area contributed by atoms with Crippen molar-refractivity contribution in [2.75, 3.05) is 6.54 Å². The highest BCUT2D eigenvalue weighted by Crippen LogP contribution is 2.24. The van der Waals surface area contributed by atoms with Gasteiger partial charge in [0.1, 0.15) is 0 Å². The number of halogens is 1. The van der Waals surface area contributed by atoms with E-state index in [0.29, 0.717) is 6.04 Å². The van der Waals surface area contributed by atoms with Crippen molar-refractivity contribution in [3.05, 3.63) is 57.6 Å². The van der Waals surface area contributed by atoms with Crippen molar-refractivity contribution in [3.63, 3.8) is 0 Å². The Kier molecular flexibility index (Phi) is 6.73. The molecule has 0 radical (unpaired) electrons. The van der Waals surface area contributed by atoms with Gasteiger partial charge in [0.25, 0.3) is 0 Å². The zero-order chi connectivity index (χ0) is 15.1. The molecule has 0 aliphatic rings. The van der Waals surface area contributed by atoms with Crippen LogP contribution in [-0.4, -0.2) is 6.54 Å². The average Bonchev–Trinajstić information content (AvgIpc) is 3.02. The molecule has 0 bridgehead atoms. The Morgan fingerprint density at radius 2 is 1.90 bits per heavy atom. The van der Waals surface area contributed by atoms with Gasteiger partial charge < -0.3 is 15.5 Å². The van der Waals surface area contributed by atoms with Crippen molar-refractivity contribution in [2.45, 2.75) is 38.3 Å². The summed E-state index contributed by atoms with van der Waals surface area (Å²) in [7, 11) is 0. The lowest BCUT2D eigenvalue weighted by atomic mass is 9.97. The lowest BCUT2D eigenvalue weighted by Crippen LogP contribution is -2.23. The maximum absolute atomic E-state index is 6.32. The SMILES string of the molecule is CCCNC(CCC(N)c1ccc(I)cc1)c1ccoc1. The Morgan fingerprint density at radius 1 is 1.14 bits per heavy atom. The molecule has 2 aromatic rings. The molecule has 0 amide bonds. The number of benzene rings is 1. The number of nitrogens with two attached hydrogens (primary N) is 1. The van der Waals surface area contributed by atoms with Gasteiger partial charge in [-0.2, -0.15) is 0 Å². The number of furan rings is 1. The Bertz CT molecular complexity index is 510. The summed E-state index contributed by atoms with van der Waals surface area (Å²) in [6.45, 7) is 3.19. The summed E-state index contributed by atoms with van der Waals surface area (Å²) in [6, 6.07) is 10.9. The summed E-state index contributed by atoms with van der Waals surface area (Å²) in [4.78, 5) is 0. The van der Waals surface area contributed by atoms with Crippen molar-refractivity contribution in [2.24, 2.45) is 5.73 Å². The minimum Gasteiger partial charge on any atom is -0.472 e. The number of rotatable bonds is 8. The second-order valence-corrected chi connectivity index (χ2v) is 6.54. The molecule has 1 aromatic heterocycles. The molecule has 0 aliphatic carbocycles. The van der Waals surface area contributed by atoms with Crippen LogP contribution in [0.3, 0.4) is 0 Å². The molecule has 1 aromatic carbocycles. The first-order valence-electron chi connectivity index (χ1n) is 7.47. The van der Waals surface area contributed by atoms with Crippen LogP contribution in [0.1, 0.15) is 49.4 Å². The van der Waals surface area contributed by atoms with Gasteiger partial charge >= 0.3 is 0 Å². The van der Waals surface area contributed by atoms with Crippen LogP contribution in [0.4, 0.5) is 0 Å². The standard InChI is InChI=1S/C17H23IN2O/c1-2-10-20-17(14-9-11-21-12-14)8-7-16(19)13-3-5-15(18)6-4-13/h3-6,9,11-12,16-17,20H,2,7-8,10,19H2,1H3. The molecule has 114 valence electrons. The van der Waals surface area contributed by atoms with Crippen LogP contribution >= 0.6 is 22.6 Å². The first-order chi connectivity index (χ1) is 10.2. The van der Waals surface area contributed by atoms with Crippen molar-refractivity contribution in [3.8, 4) is 0 Å². The van der Waals surface area contributed by atoms with E-state index in [0.717, 1.165) is 25.8 Å². The summed E-state index contributed by atoms with van der Waals surface area (Å²) in [5, 5.41) is 3.57. The Balaban J connectivity index is 1.93. The van der Waals surface area contributed by atoms with Gasteiger partial charge in [-0.1, -0.05) is 19.1 Å². The molecular formula is C17H23IN2O. The van der Waals surface area contributed by atoms with Crippen LogP contribution in [0.5, 0.6) is 0 Å². The van der Waals surface area contributed by atoms with E-state index in [1.54, 1.807) is 6.26 Å². The average molecular weight is 398 g/mol. The van der Waals surface area contributed by atoms with Crippen LogP contribution in [0, 0.1) is 3.57 Å². The van der Waals surface area contributed by atoms with Gasteiger partial charge in [-0.05, 0) is 72.2 Å². The molecule has 0 aliphatic heterocycles. The van der Waals surface area contributed by atoms with Crippen LogP contribution in [0.25, 0.3) is 0 Å². The van der Waals surface area contributed by atoms with Gasteiger partial charge in [0.15, 0.2) is 0 Å². The third-order valence-corrected chi connectivity index (χ3v) is 4.37. The summed E-state index contributed by atoms with van der Waals surface area (Å²) in [5.41, 5.74) is 8.73. The van der Waals surface area contributed by atoms with E-state index in [2.05, 4.69) is 59.1 Å². The Hall–Kier alpha value is -0.850.